The van der Waals surface area contributed by atoms with E-state index < -0.39 is 12.2 Å². The summed E-state index contributed by atoms with van der Waals surface area (Å²) < 4.78 is 0. The maximum absolute atomic E-state index is 12.8. The molecular formula is C24H35ClN6O2. The van der Waals surface area contributed by atoms with Gasteiger partial charge in [-0.3, -0.25) is 10.1 Å². The number of imide groups is 1. The maximum atomic E-state index is 12.8. The number of amides is 3. The van der Waals surface area contributed by atoms with Crippen LogP contribution in [0, 0.1) is 0 Å². The Balaban J connectivity index is 1.44. The Morgan fingerprint density at radius 3 is 2.45 bits per heavy atom. The van der Waals surface area contributed by atoms with Crippen molar-refractivity contribution in [2.45, 2.75) is 57.7 Å². The van der Waals surface area contributed by atoms with E-state index >= 15 is 0 Å². The summed E-state index contributed by atoms with van der Waals surface area (Å²) in [6.07, 6.45) is 6.66. The number of piperazine rings is 1. The molecule has 4 rings (SSSR count). The van der Waals surface area contributed by atoms with E-state index in [1.165, 1.54) is 25.7 Å². The van der Waals surface area contributed by atoms with Gasteiger partial charge in [-0.1, -0.05) is 56.7 Å². The number of unbranched alkanes of at least 4 members (excludes halogenated alkanes) is 5. The lowest BCUT2D eigenvalue weighted by molar-refractivity contribution is -0.127. The number of carbonyl (C=O) groups excluding carboxylic acids is 2. The lowest BCUT2D eigenvalue weighted by Gasteiger charge is -2.41. The molecular weight excluding hydrogens is 440 g/mol. The molecule has 0 saturated carbocycles. The van der Waals surface area contributed by atoms with Crippen molar-refractivity contribution in [3.05, 3.63) is 29.3 Å². The minimum Gasteiger partial charge on any atom is -0.368 e. The number of nitrogens with one attached hydrogen (secondary N) is 1. The number of aliphatic imine (C=N–C) groups is 1. The van der Waals surface area contributed by atoms with Crippen molar-refractivity contribution in [1.82, 2.24) is 20.0 Å². The Morgan fingerprint density at radius 1 is 1.03 bits per heavy atom. The van der Waals surface area contributed by atoms with Gasteiger partial charge in [0.15, 0.2) is 18.2 Å². The number of anilines is 1. The first-order valence-corrected chi connectivity index (χ1v) is 12.5. The molecule has 1 N–H and O–H groups in total. The van der Waals surface area contributed by atoms with Gasteiger partial charge in [0.2, 0.25) is 0 Å². The number of rotatable bonds is 8. The average molecular weight is 475 g/mol. The number of fused-ring (bicyclic) bond motifs is 1. The molecule has 3 amide bonds. The minimum absolute atomic E-state index is 0.245. The third-order valence-corrected chi connectivity index (χ3v) is 7.06. The zero-order chi connectivity index (χ0) is 23.4. The molecule has 0 spiro atoms. The number of hydrogen-bond acceptors (Lipinski definition) is 6. The first kappa shape index (κ1) is 23.7. The topological polar surface area (TPSA) is 71.5 Å². The van der Waals surface area contributed by atoms with Crippen LogP contribution in [0.2, 0.25) is 5.02 Å². The monoisotopic (exact) mass is 474 g/mol. The highest BCUT2D eigenvalue weighted by molar-refractivity contribution is 6.30. The van der Waals surface area contributed by atoms with Crippen LogP contribution < -0.4 is 10.2 Å². The molecule has 3 aliphatic rings. The van der Waals surface area contributed by atoms with E-state index in [1.807, 2.05) is 18.2 Å². The van der Waals surface area contributed by atoms with Gasteiger partial charge in [-0.15, -0.1) is 0 Å². The predicted octanol–water partition coefficient (Wildman–Crippen LogP) is 3.37. The van der Waals surface area contributed by atoms with Crippen LogP contribution in [-0.2, 0) is 4.79 Å². The quantitative estimate of drug-likeness (QED) is 0.585. The lowest BCUT2D eigenvalue weighted by atomic mass is 10.1. The summed E-state index contributed by atoms with van der Waals surface area (Å²) in [5.41, 5.74) is 1.12. The van der Waals surface area contributed by atoms with E-state index in [2.05, 4.69) is 33.0 Å². The molecule has 33 heavy (non-hydrogen) atoms. The number of guanidine groups is 1. The number of benzene rings is 1. The second kappa shape index (κ2) is 10.6. The Labute approximate surface area is 201 Å². The smallest absolute Gasteiger partial charge is 0.325 e. The van der Waals surface area contributed by atoms with Crippen LogP contribution in [0.5, 0.6) is 0 Å². The number of carbonyl (C=O) groups is 2. The summed E-state index contributed by atoms with van der Waals surface area (Å²) in [5.74, 6) is 0.603. The van der Waals surface area contributed by atoms with Crippen molar-refractivity contribution in [1.29, 1.82) is 0 Å². The standard InChI is InChI=1S/C24H35ClN6O2/c1-3-4-5-6-7-8-12-31-20-21(28(2)24(33)27-22(20)32)26-23(31)30-15-13-29(14-16-30)19-11-9-10-18(25)17-19/h9-11,17,20-21H,3-8,12-16H2,1-2H3,(H,27,32,33). The fourth-order valence-corrected chi connectivity index (χ4v) is 5.10. The van der Waals surface area contributed by atoms with Crippen LogP contribution >= 0.6 is 11.6 Å². The zero-order valence-corrected chi connectivity index (χ0v) is 20.4. The van der Waals surface area contributed by atoms with Crippen molar-refractivity contribution in [2.75, 3.05) is 44.7 Å². The van der Waals surface area contributed by atoms with E-state index in [-0.39, 0.29) is 11.9 Å². The van der Waals surface area contributed by atoms with Crippen LogP contribution in [0.3, 0.4) is 0 Å². The Hall–Kier alpha value is -2.48. The Bertz CT molecular complexity index is 885. The highest BCUT2D eigenvalue weighted by Crippen LogP contribution is 2.28. The second-order valence-corrected chi connectivity index (χ2v) is 9.54. The van der Waals surface area contributed by atoms with Crippen molar-refractivity contribution < 1.29 is 9.59 Å². The van der Waals surface area contributed by atoms with Crippen LogP contribution in [0.25, 0.3) is 0 Å². The summed E-state index contributed by atoms with van der Waals surface area (Å²) in [6, 6.07) is 7.11. The summed E-state index contributed by atoms with van der Waals surface area (Å²) in [5, 5.41) is 3.24. The third-order valence-electron chi connectivity index (χ3n) is 6.83. The molecule has 2 fully saturated rings. The van der Waals surface area contributed by atoms with Gasteiger partial charge >= 0.3 is 6.03 Å². The van der Waals surface area contributed by atoms with Gasteiger partial charge in [0.25, 0.3) is 5.91 Å². The highest BCUT2D eigenvalue weighted by atomic mass is 35.5. The van der Waals surface area contributed by atoms with Crippen molar-refractivity contribution in [3.8, 4) is 0 Å². The van der Waals surface area contributed by atoms with Gasteiger partial charge in [0.1, 0.15) is 0 Å². The molecule has 2 atom stereocenters. The zero-order valence-electron chi connectivity index (χ0n) is 19.7. The van der Waals surface area contributed by atoms with E-state index in [0.29, 0.717) is 0 Å². The Kier molecular flexibility index (Phi) is 7.63. The van der Waals surface area contributed by atoms with Gasteiger partial charge in [-0.25, -0.2) is 9.79 Å². The Morgan fingerprint density at radius 2 is 1.73 bits per heavy atom. The molecule has 3 heterocycles. The van der Waals surface area contributed by atoms with Gasteiger partial charge < -0.3 is 19.6 Å². The second-order valence-electron chi connectivity index (χ2n) is 9.11. The molecule has 9 heteroatoms. The number of hydrogen-bond donors (Lipinski definition) is 1. The summed E-state index contributed by atoms with van der Waals surface area (Å²) in [7, 11) is 1.71. The van der Waals surface area contributed by atoms with E-state index in [9.17, 15) is 9.59 Å². The van der Waals surface area contributed by atoms with Gasteiger partial charge in [-0.2, -0.15) is 0 Å². The van der Waals surface area contributed by atoms with Crippen LogP contribution in [-0.4, -0.2) is 84.6 Å². The van der Waals surface area contributed by atoms with Gasteiger partial charge in [-0.05, 0) is 24.6 Å². The van der Waals surface area contributed by atoms with E-state index in [4.69, 9.17) is 16.6 Å². The number of likely N-dealkylation sites (N-methyl/N-ethyl adjacent to an activating group) is 1. The summed E-state index contributed by atoms with van der Waals surface area (Å²) >= 11 is 6.18. The fraction of sp³-hybridized carbons (Fsp3) is 0.625. The van der Waals surface area contributed by atoms with Gasteiger partial charge in [0, 0.05) is 50.5 Å². The molecule has 2 saturated heterocycles. The molecule has 3 aliphatic heterocycles. The van der Waals surface area contributed by atoms with Crippen LogP contribution in [0.15, 0.2) is 29.3 Å². The molecule has 0 radical (unpaired) electrons. The van der Waals surface area contributed by atoms with Crippen molar-refractivity contribution >= 4 is 35.2 Å². The first-order valence-electron chi connectivity index (χ1n) is 12.2. The third kappa shape index (κ3) is 5.21. The molecule has 0 aliphatic carbocycles. The largest absolute Gasteiger partial charge is 0.368 e. The SMILES string of the molecule is CCCCCCCCN1C(N2CCN(c3cccc(Cl)c3)CC2)=NC2C1C(=O)NC(=O)N2C. The molecule has 0 aromatic heterocycles. The normalized spacial score (nSPS) is 23.1. The van der Waals surface area contributed by atoms with Crippen LogP contribution in [0.1, 0.15) is 45.4 Å². The predicted molar refractivity (Wildman–Crippen MR) is 132 cm³/mol. The van der Waals surface area contributed by atoms with Gasteiger partial charge in [0.05, 0.1) is 0 Å². The van der Waals surface area contributed by atoms with E-state index in [1.54, 1.807) is 11.9 Å². The first-order chi connectivity index (χ1) is 16.0. The van der Waals surface area contributed by atoms with Crippen molar-refractivity contribution in [2.24, 2.45) is 4.99 Å². The van der Waals surface area contributed by atoms with Crippen LogP contribution in [0.4, 0.5) is 10.5 Å². The number of halogens is 1. The highest BCUT2D eigenvalue weighted by Gasteiger charge is 2.49. The maximum Gasteiger partial charge on any atom is 0.325 e. The molecule has 2 unspecified atom stereocenters. The lowest BCUT2D eigenvalue weighted by Crippen LogP contribution is -2.64. The number of urea groups is 1. The molecule has 1 aromatic rings. The molecule has 1 aromatic carbocycles. The summed E-state index contributed by atoms with van der Waals surface area (Å²) in [4.78, 5) is 38.2. The minimum atomic E-state index is -0.465. The number of nitrogens with zero attached hydrogens (tertiary/aromatic N) is 5. The molecule has 0 bridgehead atoms. The van der Waals surface area contributed by atoms with Crippen molar-refractivity contribution in [3.63, 3.8) is 0 Å². The molecule has 8 nitrogen and oxygen atoms in total. The fourth-order valence-electron chi connectivity index (χ4n) is 4.91. The average Bonchev–Trinajstić information content (AvgIpc) is 3.20. The van der Waals surface area contributed by atoms with E-state index in [0.717, 1.165) is 62.2 Å². The summed E-state index contributed by atoms with van der Waals surface area (Å²) in [6.45, 7) is 6.30. The molecule has 180 valence electrons.